The van der Waals surface area contributed by atoms with Crippen molar-refractivity contribution < 1.29 is 9.53 Å². The van der Waals surface area contributed by atoms with Crippen LogP contribution in [-0.4, -0.2) is 41.3 Å². The third-order valence-corrected chi connectivity index (χ3v) is 5.17. The van der Waals surface area contributed by atoms with Crippen molar-refractivity contribution in [1.29, 1.82) is 0 Å². The van der Waals surface area contributed by atoms with Gasteiger partial charge in [0, 0.05) is 33.1 Å². The van der Waals surface area contributed by atoms with Crippen LogP contribution in [0, 0.1) is 5.92 Å². The van der Waals surface area contributed by atoms with Crippen LogP contribution in [0.15, 0.2) is 21.7 Å². The molecular weight excluding hydrogens is 336 g/mol. The highest BCUT2D eigenvalue weighted by Gasteiger charge is 2.30. The first-order valence-corrected chi connectivity index (χ1v) is 8.84. The Hall–Kier alpha value is -2.61. The predicted molar refractivity (Wildman–Crippen MR) is 98.8 cm³/mol. The minimum atomic E-state index is -0.585. The maximum absolute atomic E-state index is 12.3. The molecule has 4 rings (SSSR count). The zero-order valence-electron chi connectivity index (χ0n) is 14.9. The van der Waals surface area contributed by atoms with Crippen LogP contribution in [0.4, 0.5) is 11.4 Å². The molecule has 26 heavy (non-hydrogen) atoms. The number of nitrogens with zero attached hydrogens (tertiary/aromatic N) is 3. The lowest BCUT2D eigenvalue weighted by atomic mass is 10.1. The minimum Gasteiger partial charge on any atom is -0.378 e. The molecule has 1 aliphatic carbocycles. The maximum Gasteiger partial charge on any atom is 0.316 e. The molecule has 0 radical (unpaired) electrons. The van der Waals surface area contributed by atoms with Crippen molar-refractivity contribution in [3.8, 4) is 0 Å². The summed E-state index contributed by atoms with van der Waals surface area (Å²) < 4.78 is 8.14. The molecule has 0 unspecified atom stereocenters. The lowest BCUT2D eigenvalue weighted by molar-refractivity contribution is -0.117. The molecule has 1 amide bonds. The molecule has 1 aliphatic heterocycles. The molecule has 8 nitrogen and oxygen atoms in total. The van der Waals surface area contributed by atoms with Crippen molar-refractivity contribution >= 4 is 28.3 Å². The summed E-state index contributed by atoms with van der Waals surface area (Å²) in [6.07, 6.45) is 1.83. The Morgan fingerprint density at radius 1 is 1.04 bits per heavy atom. The van der Waals surface area contributed by atoms with E-state index in [2.05, 4.69) is 10.2 Å². The highest BCUT2D eigenvalue weighted by atomic mass is 16.5. The van der Waals surface area contributed by atoms with Crippen molar-refractivity contribution in [1.82, 2.24) is 9.13 Å². The Morgan fingerprint density at radius 3 is 2.19 bits per heavy atom. The molecule has 1 N–H and O–H groups in total. The van der Waals surface area contributed by atoms with E-state index in [-0.39, 0.29) is 11.8 Å². The predicted octanol–water partition coefficient (Wildman–Crippen LogP) is 0.422. The summed E-state index contributed by atoms with van der Waals surface area (Å²) in [6, 6.07) is 3.67. The zero-order chi connectivity index (χ0) is 18.4. The summed E-state index contributed by atoms with van der Waals surface area (Å²) in [7, 11) is 3.17. The largest absolute Gasteiger partial charge is 0.378 e. The van der Waals surface area contributed by atoms with Crippen molar-refractivity contribution in [2.24, 2.45) is 20.0 Å². The Morgan fingerprint density at radius 2 is 1.62 bits per heavy atom. The Balaban J connectivity index is 1.91. The van der Waals surface area contributed by atoms with Gasteiger partial charge in [0.1, 0.15) is 0 Å². The molecule has 0 atom stereocenters. The number of ether oxygens (including phenoxy) is 1. The summed E-state index contributed by atoms with van der Waals surface area (Å²) in [5.41, 5.74) is 1.64. The normalized spacial score (nSPS) is 17.5. The third-order valence-electron chi connectivity index (χ3n) is 5.17. The standard InChI is InChI=1S/C18H22N4O4/c1-20-14-9-12(19-16(23)11-3-4-11)13(22-5-7-26-8-6-22)10-15(14)21(2)18(25)17(20)24/h9-11H,3-8H2,1-2H3,(H,19,23). The van der Waals surface area contributed by atoms with E-state index < -0.39 is 11.1 Å². The minimum absolute atomic E-state index is 0.00804. The molecule has 8 heteroatoms. The molecule has 0 spiro atoms. The average Bonchev–Trinajstić information content (AvgIpc) is 3.50. The molecule has 2 fully saturated rings. The maximum atomic E-state index is 12.3. The van der Waals surface area contributed by atoms with Gasteiger partial charge in [-0.2, -0.15) is 0 Å². The van der Waals surface area contributed by atoms with Crippen LogP contribution >= 0.6 is 0 Å². The van der Waals surface area contributed by atoms with Gasteiger partial charge in [-0.1, -0.05) is 0 Å². The van der Waals surface area contributed by atoms with Gasteiger partial charge in [0.05, 0.1) is 35.6 Å². The van der Waals surface area contributed by atoms with E-state index in [0.29, 0.717) is 43.0 Å². The summed E-state index contributed by atoms with van der Waals surface area (Å²) in [5, 5.41) is 3.02. The summed E-state index contributed by atoms with van der Waals surface area (Å²) in [5.74, 6) is 0.0841. The molecule has 138 valence electrons. The number of fused-ring (bicyclic) bond motifs is 1. The van der Waals surface area contributed by atoms with Gasteiger partial charge in [-0.15, -0.1) is 0 Å². The molecule has 1 saturated heterocycles. The van der Waals surface area contributed by atoms with Crippen LogP contribution in [-0.2, 0) is 23.6 Å². The molecule has 1 saturated carbocycles. The second kappa shape index (κ2) is 6.28. The number of rotatable bonds is 3. The fourth-order valence-electron chi connectivity index (χ4n) is 3.36. The van der Waals surface area contributed by atoms with Gasteiger partial charge in [-0.05, 0) is 25.0 Å². The Labute approximate surface area is 150 Å². The molecule has 2 aromatic rings. The van der Waals surface area contributed by atoms with E-state index in [1.165, 1.54) is 9.13 Å². The first-order chi connectivity index (χ1) is 12.5. The lowest BCUT2D eigenvalue weighted by Gasteiger charge is -2.31. The highest BCUT2D eigenvalue weighted by molar-refractivity contribution is 6.00. The van der Waals surface area contributed by atoms with E-state index in [4.69, 9.17) is 4.74 Å². The van der Waals surface area contributed by atoms with Crippen LogP contribution in [0.2, 0.25) is 0 Å². The van der Waals surface area contributed by atoms with Crippen LogP contribution in [0.1, 0.15) is 12.8 Å². The lowest BCUT2D eigenvalue weighted by Crippen LogP contribution is -2.40. The summed E-state index contributed by atoms with van der Waals surface area (Å²) in [4.78, 5) is 38.8. The number of anilines is 2. The fourth-order valence-corrected chi connectivity index (χ4v) is 3.36. The van der Waals surface area contributed by atoms with E-state index in [9.17, 15) is 14.4 Å². The third kappa shape index (κ3) is 2.80. The van der Waals surface area contributed by atoms with Crippen LogP contribution in [0.3, 0.4) is 0 Å². The molecule has 1 aromatic heterocycles. The van der Waals surface area contributed by atoms with E-state index in [0.717, 1.165) is 18.5 Å². The monoisotopic (exact) mass is 358 g/mol. The number of benzene rings is 1. The molecular formula is C18H22N4O4. The first kappa shape index (κ1) is 16.8. The topological polar surface area (TPSA) is 85.6 Å². The molecule has 0 bridgehead atoms. The van der Waals surface area contributed by atoms with Crippen LogP contribution in [0.25, 0.3) is 11.0 Å². The van der Waals surface area contributed by atoms with Gasteiger partial charge in [0.25, 0.3) is 0 Å². The average molecular weight is 358 g/mol. The number of carbonyl (C=O) groups is 1. The van der Waals surface area contributed by atoms with E-state index in [1.807, 2.05) is 6.07 Å². The van der Waals surface area contributed by atoms with Gasteiger partial charge in [0.2, 0.25) is 5.91 Å². The van der Waals surface area contributed by atoms with Gasteiger partial charge < -0.3 is 24.1 Å². The zero-order valence-corrected chi connectivity index (χ0v) is 14.9. The van der Waals surface area contributed by atoms with E-state index in [1.54, 1.807) is 20.2 Å². The van der Waals surface area contributed by atoms with Crippen molar-refractivity contribution in [3.63, 3.8) is 0 Å². The first-order valence-electron chi connectivity index (χ1n) is 8.84. The fraction of sp³-hybridized carbons (Fsp3) is 0.500. The number of carbonyl (C=O) groups excluding carboxylic acids is 1. The molecule has 2 heterocycles. The van der Waals surface area contributed by atoms with E-state index >= 15 is 0 Å². The highest BCUT2D eigenvalue weighted by Crippen LogP contribution is 2.34. The Kier molecular flexibility index (Phi) is 4.07. The number of amides is 1. The van der Waals surface area contributed by atoms with Crippen molar-refractivity contribution in [2.45, 2.75) is 12.8 Å². The van der Waals surface area contributed by atoms with Gasteiger partial charge >= 0.3 is 11.1 Å². The molecule has 1 aromatic carbocycles. The number of morpholine rings is 1. The molecule has 2 aliphatic rings. The number of hydrogen-bond acceptors (Lipinski definition) is 5. The quantitative estimate of drug-likeness (QED) is 0.804. The number of nitrogens with one attached hydrogen (secondary N) is 1. The summed E-state index contributed by atoms with van der Waals surface area (Å²) in [6.45, 7) is 2.63. The van der Waals surface area contributed by atoms with Crippen molar-refractivity contribution in [2.75, 3.05) is 36.5 Å². The summed E-state index contributed by atoms with van der Waals surface area (Å²) >= 11 is 0. The van der Waals surface area contributed by atoms with Crippen molar-refractivity contribution in [3.05, 3.63) is 32.8 Å². The number of aryl methyl sites for hydroxylation is 2. The van der Waals surface area contributed by atoms with Crippen LogP contribution < -0.4 is 21.3 Å². The van der Waals surface area contributed by atoms with Crippen LogP contribution in [0.5, 0.6) is 0 Å². The number of aromatic nitrogens is 2. The smallest absolute Gasteiger partial charge is 0.316 e. The second-order valence-corrected chi connectivity index (χ2v) is 6.95. The van der Waals surface area contributed by atoms with Gasteiger partial charge in [0.15, 0.2) is 0 Å². The number of hydrogen-bond donors (Lipinski definition) is 1. The van der Waals surface area contributed by atoms with Gasteiger partial charge in [-0.3, -0.25) is 14.4 Å². The SMILES string of the molecule is Cn1c(=O)c(=O)n(C)c2cc(N3CCOCC3)c(NC(=O)C3CC3)cc21. The second-order valence-electron chi connectivity index (χ2n) is 6.95. The van der Waals surface area contributed by atoms with Gasteiger partial charge in [-0.25, -0.2) is 0 Å². The Bertz CT molecular complexity index is 997.